The number of rotatable bonds is 3. The lowest BCUT2D eigenvalue weighted by Gasteiger charge is -2.02. The minimum Gasteiger partial charge on any atom is -0.397 e. The molecule has 1 aromatic heterocycles. The number of nitrogens with two attached hydrogens (primary N) is 1. The molecule has 6 heteroatoms. The van der Waals surface area contributed by atoms with Gasteiger partial charge in [-0.15, -0.1) is 0 Å². The van der Waals surface area contributed by atoms with E-state index in [-0.39, 0.29) is 11.7 Å². The van der Waals surface area contributed by atoms with Gasteiger partial charge in [-0.25, -0.2) is 4.39 Å². The van der Waals surface area contributed by atoms with Gasteiger partial charge in [-0.1, -0.05) is 0 Å². The molecular weight excluding hydrogens is 252 g/mol. The molecule has 0 fully saturated rings. The summed E-state index contributed by atoms with van der Waals surface area (Å²) in [6.07, 6.45) is 2.52. The lowest BCUT2D eigenvalue weighted by molar-refractivity contribution is -0.118. The van der Waals surface area contributed by atoms with Crippen LogP contribution in [0.5, 0.6) is 0 Å². The Morgan fingerprint density at radius 2 is 2.28 bits per heavy atom. The summed E-state index contributed by atoms with van der Waals surface area (Å²) in [5.74, 6) is -0.424. The average molecular weight is 267 g/mol. The fraction of sp³-hybridized carbons (Fsp3) is 0.250. The number of carbonyl (C=O) groups is 1. The summed E-state index contributed by atoms with van der Waals surface area (Å²) in [5.41, 5.74) is 7.96. The summed E-state index contributed by atoms with van der Waals surface area (Å²) in [4.78, 5) is 10.8. The van der Waals surface area contributed by atoms with Gasteiger partial charge in [-0.3, -0.25) is 4.79 Å². The second-order valence-corrected chi connectivity index (χ2v) is 4.74. The summed E-state index contributed by atoms with van der Waals surface area (Å²) < 4.78 is 15.2. The fourth-order valence-electron chi connectivity index (χ4n) is 2.03. The van der Waals surface area contributed by atoms with Crippen molar-refractivity contribution in [3.63, 3.8) is 0 Å². The van der Waals surface area contributed by atoms with Crippen LogP contribution in [0.25, 0.3) is 10.9 Å². The van der Waals surface area contributed by atoms with Crippen LogP contribution in [0.4, 0.5) is 10.1 Å². The van der Waals surface area contributed by atoms with Crippen molar-refractivity contribution in [3.8, 4) is 0 Å². The maximum Gasteiger partial charge on any atom is 0.216 e. The molecule has 1 heterocycles. The highest BCUT2D eigenvalue weighted by Crippen LogP contribution is 2.29. The largest absolute Gasteiger partial charge is 0.397 e. The summed E-state index contributed by atoms with van der Waals surface area (Å²) in [6.45, 7) is 1.99. The first kappa shape index (κ1) is 12.8. The van der Waals surface area contributed by atoms with Gasteiger partial charge in [0.25, 0.3) is 0 Å². The first-order valence-electron chi connectivity index (χ1n) is 5.57. The smallest absolute Gasteiger partial charge is 0.216 e. The molecule has 0 aliphatic rings. The van der Waals surface area contributed by atoms with E-state index >= 15 is 0 Å². The molecule has 0 radical (unpaired) electrons. The quantitative estimate of drug-likeness (QED) is 0.656. The number of halogens is 1. The molecule has 4 nitrogen and oxygen atoms in total. The number of benzene rings is 1. The van der Waals surface area contributed by atoms with Gasteiger partial charge in [-0.05, 0) is 33.5 Å². The molecule has 0 saturated carbocycles. The van der Waals surface area contributed by atoms with Crippen molar-refractivity contribution in [3.05, 3.63) is 29.7 Å². The summed E-state index contributed by atoms with van der Waals surface area (Å²) in [5, 5.41) is 3.50. The van der Waals surface area contributed by atoms with Crippen molar-refractivity contribution >= 4 is 31.9 Å². The summed E-state index contributed by atoms with van der Waals surface area (Å²) in [7, 11) is 2.53. The normalized spacial score (nSPS) is 10.8. The lowest BCUT2D eigenvalue weighted by atomic mass is 10.1. The maximum atomic E-state index is 13.4. The third-order valence-electron chi connectivity index (χ3n) is 2.77. The number of nitrogen functional groups attached to an aromatic ring is 1. The molecule has 0 bridgehead atoms. The predicted octanol–water partition coefficient (Wildman–Crippen LogP) is 1.68. The van der Waals surface area contributed by atoms with Crippen LogP contribution in [-0.4, -0.2) is 16.8 Å². The van der Waals surface area contributed by atoms with E-state index in [1.165, 1.54) is 19.1 Å². The molecule has 3 N–H and O–H groups in total. The first-order chi connectivity index (χ1) is 8.49. The minimum atomic E-state index is -0.350. The number of amides is 1. The van der Waals surface area contributed by atoms with E-state index in [9.17, 15) is 9.18 Å². The second-order valence-electron chi connectivity index (χ2n) is 4.19. The van der Waals surface area contributed by atoms with Crippen LogP contribution in [0.1, 0.15) is 12.5 Å². The predicted molar refractivity (Wildman–Crippen MR) is 73.8 cm³/mol. The first-order valence-corrected chi connectivity index (χ1v) is 6.09. The molecule has 18 heavy (non-hydrogen) atoms. The van der Waals surface area contributed by atoms with Crippen molar-refractivity contribution in [2.45, 2.75) is 13.3 Å². The van der Waals surface area contributed by atoms with Crippen LogP contribution in [-0.2, 0) is 11.2 Å². The van der Waals surface area contributed by atoms with Crippen LogP contribution in [0, 0.1) is 5.82 Å². The summed E-state index contributed by atoms with van der Waals surface area (Å²) in [6, 6.07) is 2.77. The van der Waals surface area contributed by atoms with Gasteiger partial charge >= 0.3 is 0 Å². The number of hydrogen-bond acceptors (Lipinski definition) is 2. The molecule has 1 amide bonds. The number of aromatic nitrogens is 1. The zero-order valence-corrected chi connectivity index (χ0v) is 11.2. The molecule has 2 rings (SSSR count). The van der Waals surface area contributed by atoms with E-state index in [0.717, 1.165) is 16.5 Å². The number of carbonyl (C=O) groups excluding carboxylic acids is 1. The standard InChI is InChI=1S/C12H15FN3OP/c1-7(17)15-3-2-8-6-16(18)12-10(8)4-9(13)5-11(12)14/h4-6H,2-3,14,18H2,1H3,(H,15,17). The Hall–Kier alpha value is -1.61. The molecule has 96 valence electrons. The molecule has 1 atom stereocenters. The third-order valence-corrected chi connectivity index (χ3v) is 3.18. The summed E-state index contributed by atoms with van der Waals surface area (Å²) >= 11 is 0. The zero-order chi connectivity index (χ0) is 13.3. The van der Waals surface area contributed by atoms with Gasteiger partial charge in [0.1, 0.15) is 5.82 Å². The van der Waals surface area contributed by atoms with Crippen LogP contribution in [0.2, 0.25) is 0 Å². The van der Waals surface area contributed by atoms with Gasteiger partial charge in [0.15, 0.2) is 0 Å². The van der Waals surface area contributed by atoms with E-state index in [4.69, 9.17) is 5.73 Å². The highest BCUT2D eigenvalue weighted by Gasteiger charge is 2.11. The lowest BCUT2D eigenvalue weighted by Crippen LogP contribution is -2.22. The van der Waals surface area contributed by atoms with E-state index in [0.29, 0.717) is 18.7 Å². The molecule has 0 saturated heterocycles. The number of nitrogens with zero attached hydrogens (tertiary/aromatic N) is 1. The SMILES string of the molecule is CC(=O)NCCc1cn(P)c2c(N)cc(F)cc12. The Morgan fingerprint density at radius 3 is 2.94 bits per heavy atom. The van der Waals surface area contributed by atoms with Crippen molar-refractivity contribution in [1.82, 2.24) is 9.65 Å². The van der Waals surface area contributed by atoms with Crippen molar-refractivity contribution in [1.29, 1.82) is 0 Å². The molecule has 2 aromatic rings. The van der Waals surface area contributed by atoms with Crippen LogP contribution in [0.15, 0.2) is 18.3 Å². The van der Waals surface area contributed by atoms with Crippen LogP contribution in [0.3, 0.4) is 0 Å². The van der Waals surface area contributed by atoms with E-state index in [2.05, 4.69) is 14.7 Å². The van der Waals surface area contributed by atoms with Gasteiger partial charge < -0.3 is 15.4 Å². The minimum absolute atomic E-state index is 0.0738. The molecule has 0 aliphatic heterocycles. The highest BCUT2D eigenvalue weighted by atomic mass is 31.0. The monoisotopic (exact) mass is 267 g/mol. The Bertz CT molecular complexity index is 609. The highest BCUT2D eigenvalue weighted by molar-refractivity contribution is 7.15. The molecule has 0 spiro atoms. The molecule has 1 unspecified atom stereocenters. The van der Waals surface area contributed by atoms with Crippen molar-refractivity contribution in [2.24, 2.45) is 0 Å². The van der Waals surface area contributed by atoms with E-state index in [1.807, 2.05) is 6.20 Å². The number of anilines is 1. The second kappa shape index (κ2) is 4.94. The van der Waals surface area contributed by atoms with Crippen LogP contribution < -0.4 is 11.1 Å². The topological polar surface area (TPSA) is 60.0 Å². The Balaban J connectivity index is 2.36. The van der Waals surface area contributed by atoms with Gasteiger partial charge in [0.2, 0.25) is 5.91 Å². The third kappa shape index (κ3) is 2.46. The fourth-order valence-corrected chi connectivity index (χ4v) is 2.50. The Labute approximate surface area is 107 Å². The van der Waals surface area contributed by atoms with Crippen LogP contribution >= 0.6 is 9.39 Å². The number of hydrogen-bond donors (Lipinski definition) is 2. The molecular formula is C12H15FN3OP. The number of fused-ring (bicyclic) bond motifs is 1. The average Bonchev–Trinajstić information content (AvgIpc) is 2.55. The van der Waals surface area contributed by atoms with Gasteiger partial charge in [-0.2, -0.15) is 0 Å². The van der Waals surface area contributed by atoms with Crippen molar-refractivity contribution in [2.75, 3.05) is 12.3 Å². The van der Waals surface area contributed by atoms with Gasteiger partial charge in [0, 0.05) is 25.1 Å². The zero-order valence-electron chi connectivity index (χ0n) is 10.0. The Kier molecular flexibility index (Phi) is 3.53. The Morgan fingerprint density at radius 1 is 1.56 bits per heavy atom. The van der Waals surface area contributed by atoms with E-state index in [1.54, 1.807) is 4.34 Å². The van der Waals surface area contributed by atoms with E-state index < -0.39 is 0 Å². The van der Waals surface area contributed by atoms with Crippen molar-refractivity contribution < 1.29 is 9.18 Å². The molecule has 0 aliphatic carbocycles. The van der Waals surface area contributed by atoms with Gasteiger partial charge in [0.05, 0.1) is 11.2 Å². The molecule has 1 aromatic carbocycles. The number of nitrogens with one attached hydrogen (secondary N) is 1. The maximum absolute atomic E-state index is 13.4.